The Balaban J connectivity index is 0.989. The van der Waals surface area contributed by atoms with E-state index >= 15 is 0 Å². The lowest BCUT2D eigenvalue weighted by atomic mass is 9.95. The maximum Gasteiger partial charge on any atom is 0.416 e. The van der Waals surface area contributed by atoms with Crippen LogP contribution >= 0.6 is 0 Å². The number of nitrogens with one attached hydrogen (secondary N) is 2. The third kappa shape index (κ3) is 7.14. The lowest BCUT2D eigenvalue weighted by Gasteiger charge is -2.34. The normalized spacial score (nSPS) is 26.2. The predicted molar refractivity (Wildman–Crippen MR) is 179 cm³/mol. The molecule has 2 fully saturated rings. The molecule has 3 aliphatic heterocycles. The highest BCUT2D eigenvalue weighted by Gasteiger charge is 2.58. The number of allylic oxidation sites excluding steroid dienone is 4. The van der Waals surface area contributed by atoms with E-state index in [0.717, 1.165) is 61.1 Å². The molecule has 11 heteroatoms. The van der Waals surface area contributed by atoms with Crippen molar-refractivity contribution in [1.29, 1.82) is 0 Å². The first-order valence-corrected chi connectivity index (χ1v) is 17.2. The zero-order chi connectivity index (χ0) is 34.4. The monoisotopic (exact) mass is 676 g/mol. The Labute approximate surface area is 285 Å². The van der Waals surface area contributed by atoms with Gasteiger partial charge in [0, 0.05) is 72.8 Å². The van der Waals surface area contributed by atoms with Crippen molar-refractivity contribution in [2.75, 3.05) is 40.3 Å². The minimum Gasteiger partial charge on any atom is -0.489 e. The molecule has 2 aliphatic carbocycles. The number of hydrogen-bond donors (Lipinski definition) is 2. The molecule has 7 rings (SSSR count). The van der Waals surface area contributed by atoms with Gasteiger partial charge in [-0.05, 0) is 87.8 Å². The molecule has 5 aliphatic rings. The molecule has 2 N–H and O–H groups in total. The lowest BCUT2D eigenvalue weighted by Crippen LogP contribution is -2.39. The molecule has 49 heavy (non-hydrogen) atoms. The Morgan fingerprint density at radius 3 is 2.80 bits per heavy atom. The Morgan fingerprint density at radius 1 is 1.16 bits per heavy atom. The van der Waals surface area contributed by atoms with Crippen LogP contribution in [0.15, 0.2) is 71.7 Å². The summed E-state index contributed by atoms with van der Waals surface area (Å²) in [5.41, 5.74) is 2.28. The summed E-state index contributed by atoms with van der Waals surface area (Å²) in [6, 6.07) is 9.65. The lowest BCUT2D eigenvalue weighted by molar-refractivity contribution is -0.138. The topological polar surface area (TPSA) is 83.1 Å². The highest BCUT2D eigenvalue weighted by Crippen LogP contribution is 2.58. The molecular formula is C38H43F3N4O4. The van der Waals surface area contributed by atoms with Gasteiger partial charge in [-0.15, -0.1) is 0 Å². The number of carbonyl (C=O) groups is 2. The molecule has 8 nitrogen and oxygen atoms in total. The van der Waals surface area contributed by atoms with Crippen LogP contribution < -0.4 is 20.1 Å². The first-order valence-electron chi connectivity index (χ1n) is 17.2. The summed E-state index contributed by atoms with van der Waals surface area (Å²) in [6.07, 6.45) is 4.25. The molecule has 5 atom stereocenters. The van der Waals surface area contributed by atoms with E-state index in [9.17, 15) is 22.8 Å². The predicted octanol–water partition coefficient (Wildman–Crippen LogP) is 6.02. The molecule has 1 saturated carbocycles. The first kappa shape index (κ1) is 33.4. The number of benzene rings is 2. The summed E-state index contributed by atoms with van der Waals surface area (Å²) in [7, 11) is 4.03. The number of piperidine rings is 1. The summed E-state index contributed by atoms with van der Waals surface area (Å²) < 4.78 is 55.2. The van der Waals surface area contributed by atoms with Crippen LogP contribution in [0, 0.1) is 17.8 Å². The SMILES string of the molecule is CC1C=CC=C(Oc2ccc3c(c2)C2C(CNC(=O)c4ccc(CN5CCCC(CN(C)C)C5)c(C(F)(F)F)c4)C2O3)C2=C1NC(=O)CC2. The third-order valence-electron chi connectivity index (χ3n) is 10.3. The number of alkyl halides is 3. The van der Waals surface area contributed by atoms with Crippen molar-refractivity contribution in [3.05, 3.63) is 93.9 Å². The summed E-state index contributed by atoms with van der Waals surface area (Å²) in [6.45, 7) is 4.96. The number of carbonyl (C=O) groups excluding carboxylic acids is 2. The van der Waals surface area contributed by atoms with Gasteiger partial charge in [0.15, 0.2) is 0 Å². The number of ether oxygens (including phenoxy) is 2. The fraction of sp³-hybridized carbons (Fsp3) is 0.474. The second-order valence-electron chi connectivity index (χ2n) is 14.3. The molecule has 1 saturated heterocycles. The van der Waals surface area contributed by atoms with Gasteiger partial charge in [-0.3, -0.25) is 14.5 Å². The Hall–Kier alpha value is -4.09. The number of likely N-dealkylation sites (tertiary alicyclic amines) is 1. The second-order valence-corrected chi connectivity index (χ2v) is 14.3. The van der Waals surface area contributed by atoms with Crippen molar-refractivity contribution in [3.8, 4) is 11.5 Å². The van der Waals surface area contributed by atoms with Crippen LogP contribution in [-0.2, 0) is 17.5 Å². The number of nitrogens with zero attached hydrogens (tertiary/aromatic N) is 2. The van der Waals surface area contributed by atoms with Gasteiger partial charge in [0.05, 0.1) is 5.56 Å². The zero-order valence-corrected chi connectivity index (χ0v) is 28.1. The van der Waals surface area contributed by atoms with Crippen molar-refractivity contribution in [3.63, 3.8) is 0 Å². The average Bonchev–Trinajstić information content (AvgIpc) is 3.64. The largest absolute Gasteiger partial charge is 0.489 e. The van der Waals surface area contributed by atoms with Gasteiger partial charge in [-0.2, -0.15) is 13.2 Å². The summed E-state index contributed by atoms with van der Waals surface area (Å²) in [4.78, 5) is 29.4. The van der Waals surface area contributed by atoms with Crippen LogP contribution in [0.3, 0.4) is 0 Å². The molecule has 2 amide bonds. The molecule has 260 valence electrons. The molecule has 2 aromatic rings. The van der Waals surface area contributed by atoms with Crippen molar-refractivity contribution >= 4 is 11.8 Å². The van der Waals surface area contributed by atoms with Crippen LogP contribution in [0.25, 0.3) is 0 Å². The maximum absolute atomic E-state index is 14.2. The molecule has 5 unspecified atom stereocenters. The van der Waals surface area contributed by atoms with E-state index in [4.69, 9.17) is 9.47 Å². The second kappa shape index (κ2) is 13.3. The number of hydrogen-bond acceptors (Lipinski definition) is 6. The van der Waals surface area contributed by atoms with Crippen molar-refractivity contribution in [1.82, 2.24) is 20.4 Å². The highest BCUT2D eigenvalue weighted by molar-refractivity contribution is 5.94. The molecule has 0 radical (unpaired) electrons. The molecular weight excluding hydrogens is 633 g/mol. The molecule has 3 heterocycles. The molecule has 0 aromatic heterocycles. The Kier molecular flexibility index (Phi) is 9.08. The van der Waals surface area contributed by atoms with E-state index in [2.05, 4.69) is 20.4 Å². The third-order valence-corrected chi connectivity index (χ3v) is 10.3. The van der Waals surface area contributed by atoms with E-state index in [1.807, 2.05) is 57.4 Å². The van der Waals surface area contributed by atoms with Gasteiger partial charge in [-0.1, -0.05) is 25.1 Å². The van der Waals surface area contributed by atoms with Gasteiger partial charge < -0.3 is 25.0 Å². The smallest absolute Gasteiger partial charge is 0.416 e. The average molecular weight is 677 g/mol. The fourth-order valence-electron chi connectivity index (χ4n) is 7.93. The van der Waals surface area contributed by atoms with E-state index in [0.29, 0.717) is 30.3 Å². The maximum atomic E-state index is 14.2. The summed E-state index contributed by atoms with van der Waals surface area (Å²) in [5, 5.41) is 5.87. The Morgan fingerprint density at radius 2 is 2.00 bits per heavy atom. The van der Waals surface area contributed by atoms with Gasteiger partial charge in [0.25, 0.3) is 5.91 Å². The van der Waals surface area contributed by atoms with Crippen LogP contribution in [0.4, 0.5) is 13.2 Å². The van der Waals surface area contributed by atoms with E-state index in [1.165, 1.54) is 12.1 Å². The highest BCUT2D eigenvalue weighted by atomic mass is 19.4. The van der Waals surface area contributed by atoms with Crippen LogP contribution in [0.1, 0.15) is 65.6 Å². The summed E-state index contributed by atoms with van der Waals surface area (Å²) >= 11 is 0. The van der Waals surface area contributed by atoms with E-state index < -0.39 is 17.6 Å². The van der Waals surface area contributed by atoms with E-state index in [-0.39, 0.29) is 54.0 Å². The Bertz CT molecular complexity index is 1730. The summed E-state index contributed by atoms with van der Waals surface area (Å²) in [5.74, 6) is 2.13. The minimum atomic E-state index is -4.57. The number of fused-ring (bicyclic) bond motifs is 3. The number of rotatable bonds is 9. The van der Waals surface area contributed by atoms with Crippen molar-refractivity contribution < 1.29 is 32.2 Å². The van der Waals surface area contributed by atoms with Crippen molar-refractivity contribution in [2.45, 2.75) is 57.3 Å². The van der Waals surface area contributed by atoms with Gasteiger partial charge >= 0.3 is 6.18 Å². The first-order chi connectivity index (χ1) is 23.4. The molecule has 2 aromatic carbocycles. The van der Waals surface area contributed by atoms with Gasteiger partial charge in [0.2, 0.25) is 5.91 Å². The quantitative estimate of drug-likeness (QED) is 0.339. The van der Waals surface area contributed by atoms with Gasteiger partial charge in [0.1, 0.15) is 23.4 Å². The molecule has 0 spiro atoms. The molecule has 0 bridgehead atoms. The fourth-order valence-corrected chi connectivity index (χ4v) is 7.93. The zero-order valence-electron chi connectivity index (χ0n) is 28.1. The van der Waals surface area contributed by atoms with Crippen LogP contribution in [0.5, 0.6) is 11.5 Å². The van der Waals surface area contributed by atoms with E-state index in [1.54, 1.807) is 0 Å². The van der Waals surface area contributed by atoms with Crippen LogP contribution in [-0.4, -0.2) is 68.0 Å². The number of amides is 2. The minimum absolute atomic E-state index is 0.00404. The van der Waals surface area contributed by atoms with Crippen LogP contribution in [0.2, 0.25) is 0 Å². The number of halogens is 3. The van der Waals surface area contributed by atoms with Crippen molar-refractivity contribution in [2.24, 2.45) is 17.8 Å². The van der Waals surface area contributed by atoms with Gasteiger partial charge in [-0.25, -0.2) is 0 Å². The standard InChI is InChI=1S/C38H43F3N4O4/c1-22-6-4-8-31(27-12-14-33(46)43-35(22)27)48-26-11-13-32-28(17-26)34-29(36(34)49-32)18-42-37(47)24-9-10-25(30(16-24)38(39,40)41)21-45-15-5-7-23(20-45)19-44(2)3/h4,6,8-11,13,16-17,22-23,29,34,36H,5,7,12,14-15,18-21H2,1-3H3,(H,42,47)(H,43,46).